The number of hydrogen-bond donors (Lipinski definition) is 0. The number of amides is 1. The lowest BCUT2D eigenvalue weighted by Crippen LogP contribution is -2.38. The highest BCUT2D eigenvalue weighted by molar-refractivity contribution is 7.22. The molecule has 0 aliphatic carbocycles. The van der Waals surface area contributed by atoms with Crippen LogP contribution in [-0.2, 0) is 22.4 Å². The first-order valence-corrected chi connectivity index (χ1v) is 11.8. The molecule has 1 unspecified atom stereocenters. The number of carbonyl (C=O) groups excluding carboxylic acids is 1. The highest BCUT2D eigenvalue weighted by Gasteiger charge is 2.26. The molecule has 1 fully saturated rings. The number of carbonyl (C=O) groups is 1. The van der Waals surface area contributed by atoms with Gasteiger partial charge < -0.3 is 4.74 Å². The maximum Gasteiger partial charge on any atom is 0.233 e. The van der Waals surface area contributed by atoms with Crippen molar-refractivity contribution in [1.29, 1.82) is 0 Å². The number of benzene rings is 3. The summed E-state index contributed by atoms with van der Waals surface area (Å²) in [4.78, 5) is 20.1. The molecule has 3 aromatic carbocycles. The zero-order valence-corrected chi connectivity index (χ0v) is 18.5. The maximum atomic E-state index is 13.5. The minimum Gasteiger partial charge on any atom is -0.376 e. The maximum absolute atomic E-state index is 13.5. The Kier molecular flexibility index (Phi) is 5.70. The van der Waals surface area contributed by atoms with Crippen molar-refractivity contribution in [3.05, 3.63) is 71.8 Å². The fraction of sp³-hybridized carbons (Fsp3) is 0.308. The van der Waals surface area contributed by atoms with Crippen molar-refractivity contribution in [3.8, 4) is 0 Å². The zero-order chi connectivity index (χ0) is 21.2. The molecule has 1 aromatic heterocycles. The molecule has 2 heterocycles. The lowest BCUT2D eigenvalue weighted by atomic mass is 10.0. The molecule has 0 spiro atoms. The van der Waals surface area contributed by atoms with Gasteiger partial charge >= 0.3 is 0 Å². The first-order valence-electron chi connectivity index (χ1n) is 11.0. The third-order valence-electron chi connectivity index (χ3n) is 5.96. The molecule has 4 aromatic rings. The molecular weight excluding hydrogens is 404 g/mol. The van der Waals surface area contributed by atoms with E-state index in [1.165, 1.54) is 10.9 Å². The molecule has 158 valence electrons. The van der Waals surface area contributed by atoms with E-state index >= 15 is 0 Å². The minimum atomic E-state index is 0.0700. The van der Waals surface area contributed by atoms with Gasteiger partial charge in [0.05, 0.1) is 29.3 Å². The standard InChI is InChI=1S/C26H26N2O2S/c1-2-18-10-12-23-24(15-18)31-26(27-23)28(17-22-8-5-13-30-22)25(29)16-19-9-11-20-6-3-4-7-21(20)14-19/h3-4,6-7,9-12,14-15,22H,2,5,8,13,16-17H2,1H3. The molecule has 5 rings (SSSR count). The van der Waals surface area contributed by atoms with Gasteiger partial charge in [0.15, 0.2) is 5.13 Å². The number of nitrogens with zero attached hydrogens (tertiary/aromatic N) is 2. The van der Waals surface area contributed by atoms with Crippen LogP contribution in [0.5, 0.6) is 0 Å². The highest BCUT2D eigenvalue weighted by atomic mass is 32.1. The highest BCUT2D eigenvalue weighted by Crippen LogP contribution is 2.31. The lowest BCUT2D eigenvalue weighted by Gasteiger charge is -2.23. The molecule has 0 N–H and O–H groups in total. The summed E-state index contributed by atoms with van der Waals surface area (Å²) < 4.78 is 6.99. The summed E-state index contributed by atoms with van der Waals surface area (Å²) in [5.74, 6) is 0.0700. The Morgan fingerprint density at radius 1 is 1.10 bits per heavy atom. The largest absolute Gasteiger partial charge is 0.376 e. The van der Waals surface area contributed by atoms with E-state index < -0.39 is 0 Å². The van der Waals surface area contributed by atoms with Crippen molar-refractivity contribution in [2.24, 2.45) is 0 Å². The SMILES string of the molecule is CCc1ccc2nc(N(CC3CCCO3)C(=O)Cc3ccc4ccccc4c3)sc2c1. The summed E-state index contributed by atoms with van der Waals surface area (Å²) in [5, 5.41) is 3.11. The molecular formula is C26H26N2O2S. The van der Waals surface area contributed by atoms with E-state index in [0.29, 0.717) is 13.0 Å². The number of aromatic nitrogens is 1. The number of hydrogen-bond acceptors (Lipinski definition) is 4. The average molecular weight is 431 g/mol. The summed E-state index contributed by atoms with van der Waals surface area (Å²) >= 11 is 1.60. The smallest absolute Gasteiger partial charge is 0.233 e. The predicted molar refractivity (Wildman–Crippen MR) is 128 cm³/mol. The normalized spacial score (nSPS) is 16.2. The van der Waals surface area contributed by atoms with Gasteiger partial charge in [0.2, 0.25) is 5.91 Å². The number of ether oxygens (including phenoxy) is 1. The van der Waals surface area contributed by atoms with Crippen LogP contribution in [0.4, 0.5) is 5.13 Å². The van der Waals surface area contributed by atoms with Gasteiger partial charge in [-0.25, -0.2) is 4.98 Å². The quantitative estimate of drug-likeness (QED) is 0.390. The van der Waals surface area contributed by atoms with E-state index in [1.54, 1.807) is 11.3 Å². The van der Waals surface area contributed by atoms with E-state index in [9.17, 15) is 4.79 Å². The van der Waals surface area contributed by atoms with Crippen molar-refractivity contribution in [3.63, 3.8) is 0 Å². The Morgan fingerprint density at radius 2 is 1.94 bits per heavy atom. The monoisotopic (exact) mass is 430 g/mol. The average Bonchev–Trinajstić information content (AvgIpc) is 3.46. The molecule has 31 heavy (non-hydrogen) atoms. The summed E-state index contributed by atoms with van der Waals surface area (Å²) in [6.45, 7) is 3.49. The molecule has 1 aliphatic rings. The fourth-order valence-corrected chi connectivity index (χ4v) is 5.25. The third-order valence-corrected chi connectivity index (χ3v) is 7.00. The van der Waals surface area contributed by atoms with Gasteiger partial charge in [-0.1, -0.05) is 66.8 Å². The van der Waals surface area contributed by atoms with Crippen molar-refractivity contribution in [2.45, 2.75) is 38.7 Å². The topological polar surface area (TPSA) is 42.4 Å². The molecule has 0 saturated carbocycles. The number of anilines is 1. The van der Waals surface area contributed by atoms with Crippen molar-refractivity contribution < 1.29 is 9.53 Å². The van der Waals surface area contributed by atoms with Gasteiger partial charge in [-0.3, -0.25) is 9.69 Å². The van der Waals surface area contributed by atoms with Gasteiger partial charge in [0.25, 0.3) is 0 Å². The summed E-state index contributed by atoms with van der Waals surface area (Å²) in [7, 11) is 0. The number of thiazole rings is 1. The van der Waals surface area contributed by atoms with Gasteiger partial charge in [-0.2, -0.15) is 0 Å². The molecule has 1 saturated heterocycles. The molecule has 4 nitrogen and oxygen atoms in total. The second-order valence-electron chi connectivity index (χ2n) is 8.15. The van der Waals surface area contributed by atoms with Gasteiger partial charge in [0.1, 0.15) is 0 Å². The van der Waals surface area contributed by atoms with E-state index in [4.69, 9.17) is 9.72 Å². The van der Waals surface area contributed by atoms with Gasteiger partial charge in [-0.15, -0.1) is 0 Å². The van der Waals surface area contributed by atoms with E-state index in [-0.39, 0.29) is 12.0 Å². The van der Waals surface area contributed by atoms with E-state index in [2.05, 4.69) is 55.5 Å². The van der Waals surface area contributed by atoms with Crippen molar-refractivity contribution >= 4 is 43.4 Å². The fourth-order valence-electron chi connectivity index (χ4n) is 4.19. The third kappa shape index (κ3) is 4.34. The van der Waals surface area contributed by atoms with Crippen molar-refractivity contribution in [2.75, 3.05) is 18.1 Å². The van der Waals surface area contributed by atoms with Crippen LogP contribution in [0.3, 0.4) is 0 Å². The summed E-state index contributed by atoms with van der Waals surface area (Å²) in [6.07, 6.45) is 3.47. The molecule has 5 heteroatoms. The second kappa shape index (κ2) is 8.77. The van der Waals surface area contributed by atoms with Crippen LogP contribution in [-0.4, -0.2) is 30.1 Å². The minimum absolute atomic E-state index is 0.0700. The van der Waals surface area contributed by atoms with Crippen LogP contribution in [0.25, 0.3) is 21.0 Å². The number of fused-ring (bicyclic) bond motifs is 2. The zero-order valence-electron chi connectivity index (χ0n) is 17.7. The Balaban J connectivity index is 1.45. The Hall–Kier alpha value is -2.76. The Bertz CT molecular complexity index is 1230. The Labute approximate surface area is 186 Å². The molecule has 1 atom stereocenters. The summed E-state index contributed by atoms with van der Waals surface area (Å²) in [5.41, 5.74) is 3.26. The predicted octanol–water partition coefficient (Wildman–Crippen LogP) is 5.77. The molecule has 1 aliphatic heterocycles. The van der Waals surface area contributed by atoms with Crippen LogP contribution in [0, 0.1) is 0 Å². The lowest BCUT2D eigenvalue weighted by molar-refractivity contribution is -0.118. The van der Waals surface area contributed by atoms with E-state index in [1.807, 2.05) is 17.0 Å². The van der Waals surface area contributed by atoms with Crippen LogP contribution in [0.15, 0.2) is 60.7 Å². The van der Waals surface area contributed by atoms with Crippen LogP contribution in [0.2, 0.25) is 0 Å². The molecule has 0 bridgehead atoms. The van der Waals surface area contributed by atoms with Gasteiger partial charge in [-0.05, 0) is 53.3 Å². The van der Waals surface area contributed by atoms with Crippen molar-refractivity contribution in [1.82, 2.24) is 4.98 Å². The second-order valence-corrected chi connectivity index (χ2v) is 9.16. The van der Waals surface area contributed by atoms with Gasteiger partial charge in [0, 0.05) is 6.61 Å². The number of aryl methyl sites for hydroxylation is 1. The van der Waals surface area contributed by atoms with Crippen LogP contribution < -0.4 is 4.90 Å². The first-order chi connectivity index (χ1) is 15.2. The van der Waals surface area contributed by atoms with Crippen LogP contribution >= 0.6 is 11.3 Å². The Morgan fingerprint density at radius 3 is 2.74 bits per heavy atom. The van der Waals surface area contributed by atoms with E-state index in [0.717, 1.165) is 52.2 Å². The number of rotatable bonds is 6. The summed E-state index contributed by atoms with van der Waals surface area (Å²) in [6, 6.07) is 20.9. The van der Waals surface area contributed by atoms with Crippen LogP contribution in [0.1, 0.15) is 30.9 Å². The first kappa shape index (κ1) is 20.2. The molecule has 1 amide bonds. The molecule has 0 radical (unpaired) electrons.